The number of fused-ring (bicyclic) bond motifs is 2. The van der Waals surface area contributed by atoms with Gasteiger partial charge >= 0.3 is 0 Å². The molecule has 1 aromatic heterocycles. The van der Waals surface area contributed by atoms with Gasteiger partial charge < -0.3 is 4.90 Å². The number of aliphatic imine (C=N–C) groups is 1. The lowest BCUT2D eigenvalue weighted by molar-refractivity contribution is 0.285. The highest BCUT2D eigenvalue weighted by Crippen LogP contribution is 2.30. The van der Waals surface area contributed by atoms with Crippen LogP contribution in [-0.4, -0.2) is 69.3 Å². The number of nitrogens with one attached hydrogen (secondary N) is 1. The number of dihydropyridines is 1. The summed E-state index contributed by atoms with van der Waals surface area (Å²) in [5, 5.41) is 15.7. The van der Waals surface area contributed by atoms with E-state index >= 15 is 0 Å². The molecule has 0 spiro atoms. The van der Waals surface area contributed by atoms with E-state index in [1.165, 1.54) is 5.57 Å². The third-order valence-corrected chi connectivity index (χ3v) is 6.57. The zero-order valence-electron chi connectivity index (χ0n) is 19.6. The van der Waals surface area contributed by atoms with Crippen LogP contribution in [0.15, 0.2) is 69.6 Å². The van der Waals surface area contributed by atoms with Gasteiger partial charge in [0.15, 0.2) is 12.0 Å². The van der Waals surface area contributed by atoms with Crippen molar-refractivity contribution in [3.8, 4) is 0 Å². The molecular weight excluding hydrogens is 412 g/mol. The van der Waals surface area contributed by atoms with E-state index in [-0.39, 0.29) is 18.1 Å². The first kappa shape index (κ1) is 21.6. The van der Waals surface area contributed by atoms with E-state index in [4.69, 9.17) is 4.99 Å². The lowest BCUT2D eigenvalue weighted by Crippen LogP contribution is -2.37. The van der Waals surface area contributed by atoms with E-state index in [0.717, 1.165) is 55.3 Å². The van der Waals surface area contributed by atoms with Crippen LogP contribution in [0.4, 0.5) is 0 Å². The molecule has 0 aromatic carbocycles. The topological polar surface area (TPSA) is 73.4 Å². The van der Waals surface area contributed by atoms with Gasteiger partial charge in [-0.2, -0.15) is 15.3 Å². The fraction of sp³-hybridized carbons (Fsp3) is 0.440. The number of rotatable bonds is 8. The van der Waals surface area contributed by atoms with E-state index in [1.807, 2.05) is 35.1 Å². The fourth-order valence-electron chi connectivity index (χ4n) is 4.56. The number of allylic oxidation sites excluding steroid dienone is 3. The maximum atomic E-state index is 4.81. The molecule has 0 bridgehead atoms. The van der Waals surface area contributed by atoms with Crippen LogP contribution < -0.4 is 5.43 Å². The number of amidine groups is 1. The smallest absolute Gasteiger partial charge is 0.157 e. The Hall–Kier alpha value is -3.26. The molecule has 1 N–H and O–H groups in total. The van der Waals surface area contributed by atoms with Crippen molar-refractivity contribution in [2.24, 2.45) is 21.1 Å². The minimum Gasteiger partial charge on any atom is -0.302 e. The molecule has 0 fully saturated rings. The Labute approximate surface area is 195 Å². The van der Waals surface area contributed by atoms with Crippen molar-refractivity contribution in [1.82, 2.24) is 25.1 Å². The van der Waals surface area contributed by atoms with E-state index in [2.05, 4.69) is 76.1 Å². The van der Waals surface area contributed by atoms with Crippen LogP contribution >= 0.6 is 0 Å². The Bertz CT molecular complexity index is 1100. The summed E-state index contributed by atoms with van der Waals surface area (Å²) >= 11 is 0. The zero-order valence-corrected chi connectivity index (χ0v) is 19.6. The average Bonchev–Trinajstić information content (AvgIpc) is 3.46. The summed E-state index contributed by atoms with van der Waals surface area (Å²) in [6.45, 7) is 10.4. The van der Waals surface area contributed by atoms with Gasteiger partial charge in [-0.3, -0.25) is 15.1 Å². The largest absolute Gasteiger partial charge is 0.302 e. The van der Waals surface area contributed by atoms with Crippen LogP contribution in [0, 0.1) is 5.92 Å². The predicted octanol–water partition coefficient (Wildman–Crippen LogP) is 3.05. The highest BCUT2D eigenvalue weighted by Gasteiger charge is 2.29. The predicted molar refractivity (Wildman–Crippen MR) is 134 cm³/mol. The van der Waals surface area contributed by atoms with Gasteiger partial charge in [0.1, 0.15) is 0 Å². The van der Waals surface area contributed by atoms with E-state index < -0.39 is 0 Å². The molecule has 4 heterocycles. The molecule has 1 aliphatic carbocycles. The quantitative estimate of drug-likeness (QED) is 0.669. The van der Waals surface area contributed by atoms with Gasteiger partial charge in [-0.15, -0.1) is 0 Å². The molecule has 0 amide bonds. The molecule has 5 rings (SSSR count). The SMILES string of the molecule is CCN(CC)CCn1cc(C2=CC3C=C(CC4=NNC5C=CC(C)=NN45)C=CC3N=C2)cn1. The molecule has 0 radical (unpaired) electrons. The van der Waals surface area contributed by atoms with Gasteiger partial charge in [-0.25, -0.2) is 5.01 Å². The van der Waals surface area contributed by atoms with Crippen molar-refractivity contribution in [3.05, 3.63) is 60.0 Å². The molecule has 3 aliphatic heterocycles. The summed E-state index contributed by atoms with van der Waals surface area (Å²) in [5.74, 6) is 1.18. The van der Waals surface area contributed by atoms with Gasteiger partial charge in [0, 0.05) is 36.9 Å². The Kier molecular flexibility index (Phi) is 6.09. The number of nitrogens with zero attached hydrogens (tertiary/aromatic N) is 7. The second-order valence-electron chi connectivity index (χ2n) is 8.81. The average molecular weight is 445 g/mol. The second kappa shape index (κ2) is 9.31. The summed E-state index contributed by atoms with van der Waals surface area (Å²) in [6, 6.07) is 0.157. The standard InChI is InChI=1S/C25H32N8/c1-4-31(5-2)10-11-32-17-22(16-27-32)21-14-20-12-19(7-8-23(20)26-15-21)13-25-29-28-24-9-6-18(3)30-33(24)25/h6-9,12,14-17,20,23-24,28H,4-5,10-11,13H2,1-3H3. The number of aromatic nitrogens is 2. The van der Waals surface area contributed by atoms with E-state index in [0.29, 0.717) is 0 Å². The Morgan fingerprint density at radius 2 is 2.00 bits per heavy atom. The summed E-state index contributed by atoms with van der Waals surface area (Å²) in [7, 11) is 0. The number of hydrazone groups is 2. The van der Waals surface area contributed by atoms with Gasteiger partial charge in [-0.1, -0.05) is 38.2 Å². The molecule has 1 aromatic rings. The molecule has 3 unspecified atom stereocenters. The fourth-order valence-corrected chi connectivity index (χ4v) is 4.56. The van der Waals surface area contributed by atoms with Crippen molar-refractivity contribution in [1.29, 1.82) is 0 Å². The molecular formula is C25H32N8. The van der Waals surface area contributed by atoms with Crippen molar-refractivity contribution in [2.45, 2.75) is 45.9 Å². The van der Waals surface area contributed by atoms with Gasteiger partial charge in [0.05, 0.1) is 24.5 Å². The third-order valence-electron chi connectivity index (χ3n) is 6.57. The van der Waals surface area contributed by atoms with Crippen LogP contribution in [0.5, 0.6) is 0 Å². The molecule has 8 nitrogen and oxygen atoms in total. The highest BCUT2D eigenvalue weighted by atomic mass is 15.6. The molecule has 172 valence electrons. The molecule has 8 heteroatoms. The first-order chi connectivity index (χ1) is 16.1. The number of hydrogen-bond acceptors (Lipinski definition) is 7. The van der Waals surface area contributed by atoms with Crippen molar-refractivity contribution < 1.29 is 0 Å². The maximum Gasteiger partial charge on any atom is 0.157 e. The summed E-state index contributed by atoms with van der Waals surface area (Å²) in [4.78, 5) is 7.22. The van der Waals surface area contributed by atoms with Gasteiger partial charge in [0.25, 0.3) is 0 Å². The number of likely N-dealkylation sites (N-methyl/N-ethyl adjacent to an activating group) is 1. The second-order valence-corrected chi connectivity index (χ2v) is 8.81. The third kappa shape index (κ3) is 4.61. The van der Waals surface area contributed by atoms with E-state index in [9.17, 15) is 0 Å². The Morgan fingerprint density at radius 3 is 2.85 bits per heavy atom. The Morgan fingerprint density at radius 1 is 1.12 bits per heavy atom. The van der Waals surface area contributed by atoms with Crippen LogP contribution in [0.25, 0.3) is 5.57 Å². The van der Waals surface area contributed by atoms with Crippen LogP contribution in [0.2, 0.25) is 0 Å². The van der Waals surface area contributed by atoms with Gasteiger partial charge in [0.2, 0.25) is 0 Å². The normalized spacial score (nSPS) is 25.3. The minimum atomic E-state index is 0.0219. The first-order valence-electron chi connectivity index (χ1n) is 11.9. The highest BCUT2D eigenvalue weighted by molar-refractivity contribution is 6.10. The number of hydrogen-bond donors (Lipinski definition) is 1. The lowest BCUT2D eigenvalue weighted by Gasteiger charge is -2.26. The van der Waals surface area contributed by atoms with Crippen molar-refractivity contribution in [3.63, 3.8) is 0 Å². The molecule has 4 aliphatic rings. The monoisotopic (exact) mass is 444 g/mol. The summed E-state index contributed by atoms with van der Waals surface area (Å²) in [6.07, 6.45) is 20.0. The van der Waals surface area contributed by atoms with Crippen LogP contribution in [0.1, 0.15) is 32.8 Å². The van der Waals surface area contributed by atoms with Crippen molar-refractivity contribution >= 4 is 23.3 Å². The maximum absolute atomic E-state index is 4.81. The first-order valence-corrected chi connectivity index (χ1v) is 11.9. The van der Waals surface area contributed by atoms with Crippen molar-refractivity contribution in [2.75, 3.05) is 19.6 Å². The summed E-state index contributed by atoms with van der Waals surface area (Å²) in [5.41, 5.74) is 7.64. The molecule has 33 heavy (non-hydrogen) atoms. The van der Waals surface area contributed by atoms with Crippen LogP contribution in [-0.2, 0) is 6.54 Å². The minimum absolute atomic E-state index is 0.0219. The lowest BCUT2D eigenvalue weighted by atomic mass is 9.86. The Balaban J connectivity index is 1.26. The summed E-state index contributed by atoms with van der Waals surface area (Å²) < 4.78 is 2.04. The molecule has 3 atom stereocenters. The van der Waals surface area contributed by atoms with Crippen LogP contribution in [0.3, 0.4) is 0 Å². The molecule has 0 saturated heterocycles. The molecule has 0 saturated carbocycles. The zero-order chi connectivity index (χ0) is 22.8. The van der Waals surface area contributed by atoms with Gasteiger partial charge in [-0.05, 0) is 43.3 Å². The van der Waals surface area contributed by atoms with E-state index in [1.54, 1.807) is 0 Å².